The molecule has 0 amide bonds. The van der Waals surface area contributed by atoms with E-state index in [0.717, 1.165) is 21.8 Å². The Morgan fingerprint density at radius 3 is 1.86 bits per heavy atom. The molecular formula is C39H24N4S. The maximum atomic E-state index is 9.68. The fraction of sp³-hybridized carbons (Fsp3) is 0.0769. The Kier molecular flexibility index (Phi) is 5.13. The van der Waals surface area contributed by atoms with Crippen molar-refractivity contribution in [1.29, 1.82) is 10.5 Å². The van der Waals surface area contributed by atoms with Crippen LogP contribution in [-0.4, -0.2) is 14.4 Å². The summed E-state index contributed by atoms with van der Waals surface area (Å²) in [5, 5.41) is 24.0. The molecule has 5 aromatic carbocycles. The predicted molar refractivity (Wildman–Crippen MR) is 180 cm³/mol. The van der Waals surface area contributed by atoms with Crippen LogP contribution in [0.2, 0.25) is 0 Å². The second-order valence-electron chi connectivity index (χ2n) is 11.8. The molecule has 0 radical (unpaired) electrons. The monoisotopic (exact) mass is 580 g/mol. The Balaban J connectivity index is 1.28. The third-order valence-corrected chi connectivity index (χ3v) is 11.0. The molecule has 3 heterocycles. The van der Waals surface area contributed by atoms with Crippen molar-refractivity contribution in [2.45, 2.75) is 22.5 Å². The second-order valence-corrected chi connectivity index (χ2v) is 12.9. The highest BCUT2D eigenvalue weighted by Gasteiger charge is 2.48. The van der Waals surface area contributed by atoms with Crippen molar-refractivity contribution in [1.82, 2.24) is 9.13 Å². The van der Waals surface area contributed by atoms with Crippen molar-refractivity contribution in [3.63, 3.8) is 0 Å². The molecule has 9 rings (SSSR count). The summed E-state index contributed by atoms with van der Waals surface area (Å²) in [5.41, 5.74) is 9.17. The van der Waals surface area contributed by atoms with Gasteiger partial charge in [0.2, 0.25) is 0 Å². The number of benzene rings is 5. The van der Waals surface area contributed by atoms with E-state index in [1.807, 2.05) is 48.2 Å². The zero-order chi connectivity index (χ0) is 29.6. The first-order valence-electron chi connectivity index (χ1n) is 14.7. The van der Waals surface area contributed by atoms with Gasteiger partial charge in [0.25, 0.3) is 0 Å². The van der Waals surface area contributed by atoms with E-state index in [-0.39, 0.29) is 10.7 Å². The predicted octanol–water partition coefficient (Wildman–Crippen LogP) is 9.48. The van der Waals surface area contributed by atoms with Gasteiger partial charge >= 0.3 is 0 Å². The van der Waals surface area contributed by atoms with Gasteiger partial charge in [0.15, 0.2) is 0 Å². The minimum atomic E-state index is -0.282. The summed E-state index contributed by atoms with van der Waals surface area (Å²) in [6.07, 6.45) is 6.81. The normalized spacial score (nSPS) is 18.8. The number of rotatable bonds is 2. The zero-order valence-electron chi connectivity index (χ0n) is 23.8. The Morgan fingerprint density at radius 2 is 1.25 bits per heavy atom. The lowest BCUT2D eigenvalue weighted by molar-refractivity contribution is 0.615. The molecule has 1 aliphatic carbocycles. The summed E-state index contributed by atoms with van der Waals surface area (Å²) in [6.45, 7) is 2.37. The largest absolute Gasteiger partial charge is 0.312 e. The lowest BCUT2D eigenvalue weighted by atomic mass is 9.75. The fourth-order valence-corrected chi connectivity index (χ4v) is 9.11. The highest BCUT2D eigenvalue weighted by atomic mass is 32.2. The first kappa shape index (κ1) is 25.0. The van der Waals surface area contributed by atoms with Gasteiger partial charge in [-0.2, -0.15) is 10.5 Å². The van der Waals surface area contributed by atoms with Crippen LogP contribution in [0, 0.1) is 22.7 Å². The van der Waals surface area contributed by atoms with E-state index in [2.05, 4.69) is 113 Å². The van der Waals surface area contributed by atoms with Crippen molar-refractivity contribution in [3.05, 3.63) is 138 Å². The summed E-state index contributed by atoms with van der Waals surface area (Å²) >= 11 is 1.92. The van der Waals surface area contributed by atoms with Crippen LogP contribution < -0.4 is 0 Å². The van der Waals surface area contributed by atoms with E-state index in [0.29, 0.717) is 11.1 Å². The number of hydrogen-bond donors (Lipinski definition) is 0. The molecule has 0 bridgehead atoms. The van der Waals surface area contributed by atoms with Gasteiger partial charge in [0.1, 0.15) is 0 Å². The minimum Gasteiger partial charge on any atom is -0.312 e. The van der Waals surface area contributed by atoms with Crippen LogP contribution in [0.3, 0.4) is 0 Å². The maximum Gasteiger partial charge on any atom is 0.0991 e. The van der Waals surface area contributed by atoms with Crippen LogP contribution in [-0.2, 0) is 5.41 Å². The van der Waals surface area contributed by atoms with Crippen molar-refractivity contribution in [3.8, 4) is 17.8 Å². The molecule has 2 atom stereocenters. The Bertz CT molecular complexity index is 2410. The molecule has 1 aliphatic heterocycles. The first-order valence-corrected chi connectivity index (χ1v) is 15.6. The highest BCUT2D eigenvalue weighted by Crippen LogP contribution is 2.58. The third-order valence-electron chi connectivity index (χ3n) is 9.41. The molecule has 2 unspecified atom stereocenters. The molecule has 2 aliphatic rings. The summed E-state index contributed by atoms with van der Waals surface area (Å²) < 4.78 is 4.79. The van der Waals surface area contributed by atoms with Gasteiger partial charge in [-0.1, -0.05) is 61.5 Å². The molecule has 0 fully saturated rings. The van der Waals surface area contributed by atoms with Crippen LogP contribution in [0.15, 0.2) is 126 Å². The second kappa shape index (κ2) is 9.01. The number of aromatic nitrogens is 2. The van der Waals surface area contributed by atoms with Gasteiger partial charge < -0.3 is 9.13 Å². The van der Waals surface area contributed by atoms with Gasteiger partial charge in [-0.15, -0.1) is 11.8 Å². The molecule has 2 aromatic heterocycles. The van der Waals surface area contributed by atoms with Crippen molar-refractivity contribution >= 4 is 61.1 Å². The molecular weight excluding hydrogens is 557 g/mol. The number of allylic oxidation sites excluding steroid dienone is 3. The number of nitrogens with zero attached hydrogens (tertiary/aromatic N) is 4. The van der Waals surface area contributed by atoms with Crippen LogP contribution in [0.1, 0.15) is 23.6 Å². The number of thioether (sulfide) groups is 1. The molecule has 4 nitrogen and oxygen atoms in total. The molecule has 5 heteroatoms. The van der Waals surface area contributed by atoms with Crippen molar-refractivity contribution in [2.24, 2.45) is 0 Å². The van der Waals surface area contributed by atoms with Crippen LogP contribution in [0.4, 0.5) is 0 Å². The van der Waals surface area contributed by atoms with Gasteiger partial charge in [0, 0.05) is 43.1 Å². The van der Waals surface area contributed by atoms with E-state index in [1.165, 1.54) is 43.6 Å². The van der Waals surface area contributed by atoms with E-state index in [1.54, 1.807) is 0 Å². The molecule has 0 saturated heterocycles. The summed E-state index contributed by atoms with van der Waals surface area (Å²) in [6, 6.07) is 40.4. The zero-order valence-corrected chi connectivity index (χ0v) is 24.6. The van der Waals surface area contributed by atoms with Crippen molar-refractivity contribution < 1.29 is 0 Å². The Hall–Kier alpha value is -5.49. The number of hydrogen-bond acceptors (Lipinski definition) is 3. The topological polar surface area (TPSA) is 57.4 Å². The van der Waals surface area contributed by atoms with Crippen LogP contribution in [0.5, 0.6) is 0 Å². The number of nitriles is 2. The van der Waals surface area contributed by atoms with Gasteiger partial charge in [0.05, 0.1) is 56.3 Å². The average Bonchev–Trinajstić information content (AvgIpc) is 3.69. The Morgan fingerprint density at radius 1 is 0.659 bits per heavy atom. The SMILES string of the molecule is CC12C=CC=C(n3c4ccc(C#N)cc4c4cc(C#N)ccc43)C1Sc1cccc(-n3c4ccccc4c4ccccc43)c12. The fourth-order valence-electron chi connectivity index (χ4n) is 7.51. The molecule has 206 valence electrons. The Labute approximate surface area is 258 Å². The molecule has 7 aromatic rings. The van der Waals surface area contributed by atoms with Crippen LogP contribution in [0.25, 0.3) is 55.0 Å². The summed E-state index contributed by atoms with van der Waals surface area (Å²) in [4.78, 5) is 1.29. The lowest BCUT2D eigenvalue weighted by Crippen LogP contribution is -2.33. The molecule has 0 saturated carbocycles. The lowest BCUT2D eigenvalue weighted by Gasteiger charge is -2.35. The average molecular weight is 581 g/mol. The van der Waals surface area contributed by atoms with Gasteiger partial charge in [-0.05, 0) is 66.7 Å². The molecule has 44 heavy (non-hydrogen) atoms. The van der Waals surface area contributed by atoms with E-state index >= 15 is 0 Å². The smallest absolute Gasteiger partial charge is 0.0991 e. The molecule has 0 N–H and O–H groups in total. The van der Waals surface area contributed by atoms with Crippen LogP contribution >= 0.6 is 11.8 Å². The van der Waals surface area contributed by atoms with Gasteiger partial charge in [-0.25, -0.2) is 0 Å². The minimum absolute atomic E-state index is 0.113. The van der Waals surface area contributed by atoms with E-state index in [9.17, 15) is 10.5 Å². The van der Waals surface area contributed by atoms with E-state index in [4.69, 9.17) is 0 Å². The van der Waals surface area contributed by atoms with Gasteiger partial charge in [-0.3, -0.25) is 0 Å². The first-order chi connectivity index (χ1) is 21.6. The number of fused-ring (bicyclic) bond motifs is 9. The summed E-state index contributed by atoms with van der Waals surface area (Å²) in [5.74, 6) is 0. The quantitative estimate of drug-likeness (QED) is 0.205. The van der Waals surface area contributed by atoms with Crippen molar-refractivity contribution in [2.75, 3.05) is 0 Å². The standard InChI is InChI=1S/C39H24N4S/c1-39-19-7-13-35(43-32-17-15-24(22-40)20-28(32)29-21-25(23-41)16-18-33(29)43)38(39)44-36-14-6-12-34(37(36)39)42-30-10-4-2-8-26(30)27-9-3-5-11-31(27)42/h2-21,38H,1H3. The van der Waals surface area contributed by atoms with E-state index < -0.39 is 0 Å². The molecule has 0 spiro atoms. The maximum absolute atomic E-state index is 9.68. The summed E-state index contributed by atoms with van der Waals surface area (Å²) in [7, 11) is 0. The number of para-hydroxylation sites is 2. The third kappa shape index (κ3) is 3.22. The highest BCUT2D eigenvalue weighted by molar-refractivity contribution is 8.00.